The second kappa shape index (κ2) is 11.2. The summed E-state index contributed by atoms with van der Waals surface area (Å²) in [4.78, 5) is 24.1. The molecule has 2 aromatic carbocycles. The molecule has 0 radical (unpaired) electrons. The number of hydrogen-bond donors (Lipinski definition) is 1. The van der Waals surface area contributed by atoms with Gasteiger partial charge in [-0.3, -0.25) is 4.79 Å². The van der Waals surface area contributed by atoms with Gasteiger partial charge in [-0.15, -0.1) is 0 Å². The molecule has 0 aromatic heterocycles. The minimum Gasteiger partial charge on any atom is -0.481 e. The van der Waals surface area contributed by atoms with E-state index in [1.54, 1.807) is 13.8 Å². The first-order valence-electron chi connectivity index (χ1n) is 12.7. The smallest absolute Gasteiger partial charge is 0.481 e. The number of carboxylic acid groups (broad SMARTS) is 1. The van der Waals surface area contributed by atoms with E-state index in [0.717, 1.165) is 5.56 Å². The van der Waals surface area contributed by atoms with Gasteiger partial charge < -0.3 is 18.2 Å². The number of aliphatic carboxylic acids is 1. The van der Waals surface area contributed by atoms with Crippen LogP contribution in [0.2, 0.25) is 0 Å². The van der Waals surface area contributed by atoms with Crippen LogP contribution in [0, 0.1) is 25.7 Å². The van der Waals surface area contributed by atoms with Gasteiger partial charge in [0.2, 0.25) is 0 Å². The number of allylic oxidation sites excluding steroid dienone is 2. The Labute approximate surface area is 240 Å². The second-order valence-electron chi connectivity index (χ2n) is 10.2. The summed E-state index contributed by atoms with van der Waals surface area (Å²) in [7, 11) is -11.0. The number of aryl methyl sites for hydroxylation is 1. The van der Waals surface area contributed by atoms with Gasteiger partial charge in [0.1, 0.15) is 17.1 Å². The van der Waals surface area contributed by atoms with Crippen molar-refractivity contribution in [2.45, 2.75) is 63.5 Å². The molecule has 0 amide bonds. The molecule has 0 bridgehead atoms. The summed E-state index contributed by atoms with van der Waals surface area (Å²) >= 11 is 0. The summed E-state index contributed by atoms with van der Waals surface area (Å²) < 4.78 is 106. The number of benzene rings is 2. The van der Waals surface area contributed by atoms with E-state index in [1.165, 1.54) is 37.3 Å². The molecule has 1 saturated carbocycles. The molecule has 15 heteroatoms. The summed E-state index contributed by atoms with van der Waals surface area (Å²) in [6, 6.07) is 5.39. The van der Waals surface area contributed by atoms with Crippen molar-refractivity contribution < 1.29 is 57.8 Å². The number of ether oxygens (including phenoxy) is 1. The van der Waals surface area contributed by atoms with Crippen molar-refractivity contribution >= 4 is 32.2 Å². The molecule has 2 unspecified atom stereocenters. The van der Waals surface area contributed by atoms with Crippen molar-refractivity contribution in [3.05, 3.63) is 63.7 Å². The molecule has 2 atom stereocenters. The van der Waals surface area contributed by atoms with Gasteiger partial charge in [-0.25, -0.2) is 4.79 Å². The van der Waals surface area contributed by atoms with Crippen LogP contribution in [0.4, 0.5) is 13.2 Å². The predicted molar refractivity (Wildman–Crippen MR) is 141 cm³/mol. The van der Waals surface area contributed by atoms with Crippen molar-refractivity contribution in [3.63, 3.8) is 0 Å². The van der Waals surface area contributed by atoms with Gasteiger partial charge in [0, 0.05) is 16.7 Å². The van der Waals surface area contributed by atoms with Gasteiger partial charge in [0.05, 0.1) is 5.92 Å². The Morgan fingerprint density at radius 2 is 1.67 bits per heavy atom. The molecular formula is C27H27F3O10S2. The third-order valence-corrected chi connectivity index (χ3v) is 9.64. The summed E-state index contributed by atoms with van der Waals surface area (Å²) in [6.07, 6.45) is 2.53. The lowest BCUT2D eigenvalue weighted by atomic mass is 9.88. The van der Waals surface area contributed by atoms with Gasteiger partial charge in [-0.05, 0) is 58.1 Å². The molecule has 1 aliphatic heterocycles. The lowest BCUT2D eigenvalue weighted by Crippen LogP contribution is -2.29. The number of hydrogen-bond acceptors (Lipinski definition) is 9. The molecule has 1 heterocycles. The van der Waals surface area contributed by atoms with Crippen LogP contribution < -0.4 is 8.37 Å². The molecule has 4 rings (SSSR count). The fourth-order valence-corrected chi connectivity index (χ4v) is 6.68. The summed E-state index contributed by atoms with van der Waals surface area (Å²) in [5, 5.41) is 9.58. The number of carboxylic acids is 1. The van der Waals surface area contributed by atoms with Gasteiger partial charge >= 0.3 is 37.7 Å². The molecule has 1 fully saturated rings. The van der Waals surface area contributed by atoms with E-state index in [2.05, 4.69) is 4.18 Å². The molecule has 1 N–H and O–H groups in total. The zero-order valence-corrected chi connectivity index (χ0v) is 24.3. The standard InChI is InChI=1S/C27H27F3O10S2/c1-14-7-10-17(11-8-14)41(34,35)39-24-20(12-9-15(2)18-5-4-6-19(18)25(31)32)23(40-42(36,37)27(28,29)30)16(3)21-13-38-26(33)22(21)24/h7-11,18-19H,4-6,12-13H2,1-3H3,(H,31,32)/b15-9+. The van der Waals surface area contributed by atoms with Crippen molar-refractivity contribution in [2.24, 2.45) is 11.8 Å². The Hall–Kier alpha value is -3.59. The van der Waals surface area contributed by atoms with Crippen LogP contribution in [0.25, 0.3) is 0 Å². The van der Waals surface area contributed by atoms with E-state index in [0.29, 0.717) is 24.8 Å². The normalized spacial score (nSPS) is 19.4. The number of alkyl halides is 3. The van der Waals surface area contributed by atoms with Crippen LogP contribution in [0.1, 0.15) is 58.8 Å². The number of esters is 1. The Balaban J connectivity index is 1.94. The molecule has 0 saturated heterocycles. The number of rotatable bonds is 9. The Kier molecular flexibility index (Phi) is 8.39. The highest BCUT2D eigenvalue weighted by atomic mass is 32.2. The first-order valence-corrected chi connectivity index (χ1v) is 15.5. The Morgan fingerprint density at radius 1 is 1.05 bits per heavy atom. The van der Waals surface area contributed by atoms with Crippen LogP contribution in [0.15, 0.2) is 40.8 Å². The lowest BCUT2D eigenvalue weighted by molar-refractivity contribution is -0.142. The quantitative estimate of drug-likeness (QED) is 0.174. The topological polar surface area (TPSA) is 150 Å². The van der Waals surface area contributed by atoms with E-state index in [4.69, 9.17) is 8.92 Å². The van der Waals surface area contributed by atoms with Crippen molar-refractivity contribution in [3.8, 4) is 11.5 Å². The van der Waals surface area contributed by atoms with E-state index in [-0.39, 0.29) is 16.0 Å². The first-order chi connectivity index (χ1) is 19.4. The molecule has 42 heavy (non-hydrogen) atoms. The van der Waals surface area contributed by atoms with Crippen LogP contribution >= 0.6 is 0 Å². The largest absolute Gasteiger partial charge is 0.534 e. The Morgan fingerprint density at radius 3 is 2.26 bits per heavy atom. The summed E-state index contributed by atoms with van der Waals surface area (Å²) in [5.74, 6) is -4.80. The fraction of sp³-hybridized carbons (Fsp3) is 0.407. The van der Waals surface area contributed by atoms with Gasteiger partial charge in [0.15, 0.2) is 11.5 Å². The van der Waals surface area contributed by atoms with Crippen molar-refractivity contribution in [1.29, 1.82) is 0 Å². The van der Waals surface area contributed by atoms with Gasteiger partial charge in [0.25, 0.3) is 0 Å². The van der Waals surface area contributed by atoms with Crippen molar-refractivity contribution in [1.82, 2.24) is 0 Å². The highest BCUT2D eigenvalue weighted by Crippen LogP contribution is 2.46. The van der Waals surface area contributed by atoms with Crippen LogP contribution in [0.5, 0.6) is 11.5 Å². The number of halogens is 3. The van der Waals surface area contributed by atoms with E-state index < -0.39 is 85.2 Å². The SMILES string of the molecule is C/C(=C\Cc1c(OS(=O)(=O)C(F)(F)F)c(C)c2c(c1OS(=O)(=O)c1ccc(C)cc1)C(=O)OC2)C1CCCC1C(=O)O. The van der Waals surface area contributed by atoms with Crippen molar-refractivity contribution in [2.75, 3.05) is 0 Å². The zero-order valence-electron chi connectivity index (χ0n) is 22.6. The predicted octanol–water partition coefficient (Wildman–Crippen LogP) is 4.96. The number of carbonyl (C=O) groups is 2. The molecule has 2 aromatic rings. The van der Waals surface area contributed by atoms with Crippen LogP contribution in [-0.2, 0) is 42.8 Å². The maximum Gasteiger partial charge on any atom is 0.534 e. The number of cyclic esters (lactones) is 1. The molecule has 0 spiro atoms. The average molecular weight is 633 g/mol. The van der Waals surface area contributed by atoms with E-state index in [9.17, 15) is 44.7 Å². The lowest BCUT2D eigenvalue weighted by Gasteiger charge is -2.21. The highest BCUT2D eigenvalue weighted by molar-refractivity contribution is 7.88. The summed E-state index contributed by atoms with van der Waals surface area (Å²) in [5.41, 5.74) is -5.77. The Bertz CT molecular complexity index is 1680. The minimum absolute atomic E-state index is 0.104. The average Bonchev–Trinajstić information content (AvgIpc) is 3.53. The molecule has 228 valence electrons. The number of carbonyl (C=O) groups excluding carboxylic acids is 1. The fourth-order valence-electron chi connectivity index (χ4n) is 5.17. The summed E-state index contributed by atoms with van der Waals surface area (Å²) in [6.45, 7) is 4.02. The third-order valence-electron chi connectivity index (χ3n) is 7.45. The van der Waals surface area contributed by atoms with E-state index >= 15 is 0 Å². The van der Waals surface area contributed by atoms with Crippen LogP contribution in [-0.4, -0.2) is 39.4 Å². The number of fused-ring (bicyclic) bond motifs is 1. The molecule has 1 aliphatic carbocycles. The van der Waals surface area contributed by atoms with Crippen LogP contribution in [0.3, 0.4) is 0 Å². The monoisotopic (exact) mass is 632 g/mol. The first kappa shape index (κ1) is 31.3. The zero-order chi connectivity index (χ0) is 31.2. The molecule has 10 nitrogen and oxygen atoms in total. The third kappa shape index (κ3) is 5.98. The maximum atomic E-state index is 13.4. The van der Waals surface area contributed by atoms with E-state index in [1.807, 2.05) is 0 Å². The minimum atomic E-state index is -6.25. The maximum absolute atomic E-state index is 13.4. The highest BCUT2D eigenvalue weighted by Gasteiger charge is 2.50. The second-order valence-corrected chi connectivity index (χ2v) is 13.2. The molecular weight excluding hydrogens is 605 g/mol. The van der Waals surface area contributed by atoms with Gasteiger partial charge in [-0.1, -0.05) is 35.8 Å². The van der Waals surface area contributed by atoms with Gasteiger partial charge in [-0.2, -0.15) is 30.0 Å². The molecule has 2 aliphatic rings.